The van der Waals surface area contributed by atoms with Gasteiger partial charge in [-0.15, -0.1) is 0 Å². The quantitative estimate of drug-likeness (QED) is 0.277. The molecule has 0 spiro atoms. The summed E-state index contributed by atoms with van der Waals surface area (Å²) in [5.74, 6) is 2.74. The minimum Gasteiger partial charge on any atom is -1.00 e. The molecule has 0 radical (unpaired) electrons. The lowest BCUT2D eigenvalue weighted by Gasteiger charge is -2.62. The number of hydrogen-bond donors (Lipinski definition) is 1. The van der Waals surface area contributed by atoms with Crippen LogP contribution in [0, 0.1) is 34.5 Å². The summed E-state index contributed by atoms with van der Waals surface area (Å²) in [7, 11) is 0. The van der Waals surface area contributed by atoms with E-state index in [-0.39, 0.29) is 40.6 Å². The molecule has 1 unspecified atom stereocenters. The second-order valence-electron chi connectivity index (χ2n) is 15.6. The number of hydrogen-bond acceptors (Lipinski definition) is 4. The van der Waals surface area contributed by atoms with E-state index in [0.717, 1.165) is 29.3 Å². The van der Waals surface area contributed by atoms with E-state index in [4.69, 9.17) is 4.74 Å². The molecule has 234 valence electrons. The molecule has 10 atom stereocenters. The Morgan fingerprint density at radius 2 is 1.71 bits per heavy atom. The number of carbonyl (C=O) groups excluding carboxylic acids is 1. The number of piperidine rings is 2. The van der Waals surface area contributed by atoms with Crippen molar-refractivity contribution >= 4 is 5.97 Å². The molecule has 4 saturated carbocycles. The third kappa shape index (κ3) is 5.41. The lowest BCUT2D eigenvalue weighted by atomic mass is 9.44. The fraction of sp³-hybridized carbons (Fsp3) is 0.914. The van der Waals surface area contributed by atoms with Crippen molar-refractivity contribution in [1.29, 1.82) is 0 Å². The number of aliphatic hydroxyl groups excluding tert-OH is 1. The Labute approximate surface area is 261 Å². The Morgan fingerprint density at radius 3 is 2.39 bits per heavy atom. The van der Waals surface area contributed by atoms with Crippen LogP contribution >= 0.6 is 0 Å². The largest absolute Gasteiger partial charge is 1.00 e. The van der Waals surface area contributed by atoms with Gasteiger partial charge in [0.15, 0.2) is 6.10 Å². The van der Waals surface area contributed by atoms with Gasteiger partial charge in [-0.05, 0) is 119 Å². The van der Waals surface area contributed by atoms with Gasteiger partial charge in [-0.3, -0.25) is 9.69 Å². The van der Waals surface area contributed by atoms with Crippen LogP contribution in [0.25, 0.3) is 0 Å². The van der Waals surface area contributed by atoms with E-state index in [1.807, 2.05) is 6.92 Å². The molecule has 6 heteroatoms. The van der Waals surface area contributed by atoms with Crippen LogP contribution < -0.4 is 17.0 Å². The fourth-order valence-corrected chi connectivity index (χ4v) is 11.9. The maximum Gasteiger partial charge on any atom is 0.306 e. The van der Waals surface area contributed by atoms with E-state index in [0.29, 0.717) is 35.8 Å². The molecule has 1 N–H and O–H groups in total. The highest BCUT2D eigenvalue weighted by Crippen LogP contribution is 2.67. The monoisotopic (exact) mass is 634 g/mol. The van der Waals surface area contributed by atoms with Crippen molar-refractivity contribution in [3.63, 3.8) is 0 Å². The van der Waals surface area contributed by atoms with Gasteiger partial charge in [0.2, 0.25) is 0 Å². The minimum atomic E-state index is -0.155. The third-order valence-electron chi connectivity index (χ3n) is 13.9. The van der Waals surface area contributed by atoms with Gasteiger partial charge in [-0.25, -0.2) is 0 Å². The number of ether oxygens (including phenoxy) is 1. The number of fused-ring (bicyclic) bond motifs is 5. The van der Waals surface area contributed by atoms with Gasteiger partial charge in [0.25, 0.3) is 0 Å². The van der Waals surface area contributed by atoms with E-state index in [1.165, 1.54) is 103 Å². The van der Waals surface area contributed by atoms with Crippen molar-refractivity contribution in [3.8, 4) is 0 Å². The molecule has 6 aliphatic rings. The van der Waals surface area contributed by atoms with Crippen LogP contribution in [0.5, 0.6) is 0 Å². The van der Waals surface area contributed by atoms with E-state index < -0.39 is 0 Å². The lowest BCUT2D eigenvalue weighted by molar-refractivity contribution is -0.952. The van der Waals surface area contributed by atoms with Crippen molar-refractivity contribution in [1.82, 2.24) is 4.90 Å². The first-order valence-electron chi connectivity index (χ1n) is 17.3. The van der Waals surface area contributed by atoms with Gasteiger partial charge in [0.05, 0.1) is 25.7 Å². The molecule has 6 rings (SSSR count). The number of esters is 1. The van der Waals surface area contributed by atoms with Crippen molar-refractivity contribution in [2.45, 2.75) is 135 Å². The van der Waals surface area contributed by atoms with E-state index in [1.54, 1.807) is 0 Å². The molecule has 0 amide bonds. The number of quaternary nitrogens is 1. The molecule has 5 nitrogen and oxygen atoms in total. The molecule has 2 saturated heterocycles. The number of halogens is 1. The molecule has 41 heavy (non-hydrogen) atoms. The summed E-state index contributed by atoms with van der Waals surface area (Å²) < 4.78 is 7.66. The van der Waals surface area contributed by atoms with Gasteiger partial charge >= 0.3 is 5.97 Å². The molecule has 2 aliphatic heterocycles. The van der Waals surface area contributed by atoms with Crippen LogP contribution in [0.15, 0.2) is 12.7 Å². The minimum absolute atomic E-state index is 0. The summed E-state index contributed by atoms with van der Waals surface area (Å²) in [6.07, 6.45) is 18.7. The van der Waals surface area contributed by atoms with Gasteiger partial charge in [-0.2, -0.15) is 0 Å². The molecular formula is C35H59BrN2O3. The Hall–Kier alpha value is -0.430. The highest BCUT2D eigenvalue weighted by molar-refractivity contribution is 5.69. The topological polar surface area (TPSA) is 49.8 Å². The second kappa shape index (κ2) is 12.5. The van der Waals surface area contributed by atoms with Crippen molar-refractivity contribution in [3.05, 3.63) is 12.7 Å². The van der Waals surface area contributed by atoms with E-state index in [9.17, 15) is 9.90 Å². The summed E-state index contributed by atoms with van der Waals surface area (Å²) in [6.45, 7) is 17.1. The number of carbonyl (C=O) groups is 1. The predicted octanol–water partition coefficient (Wildman–Crippen LogP) is 3.35. The Morgan fingerprint density at radius 1 is 1.00 bits per heavy atom. The first-order chi connectivity index (χ1) is 19.3. The first-order valence-corrected chi connectivity index (χ1v) is 17.3. The summed E-state index contributed by atoms with van der Waals surface area (Å²) in [4.78, 5) is 15.6. The van der Waals surface area contributed by atoms with Crippen molar-refractivity contribution in [2.75, 3.05) is 32.7 Å². The smallest absolute Gasteiger partial charge is 0.306 e. The molecular weight excluding hydrogens is 576 g/mol. The van der Waals surface area contributed by atoms with E-state index >= 15 is 0 Å². The first kappa shape index (κ1) is 32.0. The SMILES string of the molecule is C=CC[N+]1(C2C[C@H]3[C@@H]4CC[C@H]5C[C@H](O)[C@@H](N6CCCCC6)C[C@]5(C)[C@H]4CC[C@]3(C)[C@H]2OC(=O)CC)CCCCC1.[Br-]. The van der Waals surface area contributed by atoms with Crippen LogP contribution in [-0.2, 0) is 9.53 Å². The van der Waals surface area contributed by atoms with Crippen LogP contribution in [0.3, 0.4) is 0 Å². The van der Waals surface area contributed by atoms with E-state index in [2.05, 4.69) is 31.4 Å². The summed E-state index contributed by atoms with van der Waals surface area (Å²) in [5.41, 5.74) is 0.391. The highest BCUT2D eigenvalue weighted by Gasteiger charge is 2.67. The van der Waals surface area contributed by atoms with Gasteiger partial charge in [0, 0.05) is 24.3 Å². The highest BCUT2D eigenvalue weighted by atomic mass is 79.9. The number of aliphatic hydroxyl groups is 1. The van der Waals surface area contributed by atoms with Gasteiger partial charge in [0.1, 0.15) is 6.04 Å². The number of rotatable bonds is 6. The average molecular weight is 636 g/mol. The molecule has 4 aliphatic carbocycles. The third-order valence-corrected chi connectivity index (χ3v) is 13.9. The molecule has 0 aromatic heterocycles. The van der Waals surface area contributed by atoms with Crippen molar-refractivity contribution < 1.29 is 36.1 Å². The fourth-order valence-electron chi connectivity index (χ4n) is 11.9. The molecule has 0 aromatic carbocycles. The Bertz CT molecular complexity index is 932. The summed E-state index contributed by atoms with van der Waals surface area (Å²) in [5, 5.41) is 11.4. The normalized spacial score (nSPS) is 45.9. The molecule has 0 bridgehead atoms. The Balaban J connectivity index is 0.00000337. The second-order valence-corrected chi connectivity index (χ2v) is 15.6. The van der Waals surface area contributed by atoms with Crippen LogP contribution in [0.4, 0.5) is 0 Å². The van der Waals surface area contributed by atoms with Gasteiger partial charge in [-0.1, -0.05) is 33.8 Å². The maximum atomic E-state index is 12.9. The lowest BCUT2D eigenvalue weighted by Crippen LogP contribution is -3.00. The zero-order chi connectivity index (χ0) is 28.1. The van der Waals surface area contributed by atoms with Crippen LogP contribution in [-0.4, -0.2) is 77.5 Å². The Kier molecular flexibility index (Phi) is 9.76. The molecule has 2 heterocycles. The number of nitrogens with zero attached hydrogens (tertiary/aromatic N) is 2. The zero-order valence-electron chi connectivity index (χ0n) is 26.4. The van der Waals surface area contributed by atoms with Crippen LogP contribution in [0.2, 0.25) is 0 Å². The van der Waals surface area contributed by atoms with Gasteiger partial charge < -0.3 is 31.3 Å². The van der Waals surface area contributed by atoms with Crippen molar-refractivity contribution in [2.24, 2.45) is 34.5 Å². The summed E-state index contributed by atoms with van der Waals surface area (Å²) in [6, 6.07) is 0.750. The van der Waals surface area contributed by atoms with Crippen LogP contribution in [0.1, 0.15) is 111 Å². The average Bonchev–Trinajstić information content (AvgIpc) is 3.26. The maximum absolute atomic E-state index is 12.9. The standard InChI is InChI=1S/C35H59N2O3.BrH/c1-5-19-37(20-11-8-12-21-37)30-23-28-26-14-13-25-22-31(38)29(36-17-9-7-10-18-36)24-35(25,4)27(26)15-16-34(28,3)33(30)40-32(39)6-2;/h5,25-31,33,38H,1,6-24H2,2-4H3;1H/q+1;/p-1/t25-,26+,27-,28-,29-,30?,31-,33-,34-,35-;/m0./s1. The predicted molar refractivity (Wildman–Crippen MR) is 161 cm³/mol. The molecule has 6 fully saturated rings. The number of likely N-dealkylation sites (tertiary alicyclic amines) is 2. The molecule has 0 aromatic rings. The summed E-state index contributed by atoms with van der Waals surface area (Å²) >= 11 is 0. The zero-order valence-corrected chi connectivity index (χ0v) is 28.0.